The van der Waals surface area contributed by atoms with Gasteiger partial charge in [-0.3, -0.25) is 9.69 Å². The quantitative estimate of drug-likeness (QED) is 0.713. The van der Waals surface area contributed by atoms with Crippen LogP contribution >= 0.6 is 0 Å². The van der Waals surface area contributed by atoms with Crippen LogP contribution in [0.25, 0.3) is 10.9 Å². The van der Waals surface area contributed by atoms with E-state index >= 15 is 0 Å². The topological polar surface area (TPSA) is 48.1 Å². The van der Waals surface area contributed by atoms with E-state index in [1.165, 1.54) is 28.5 Å². The number of hydrogen-bond acceptors (Lipinski definition) is 2. The average molecular weight is 374 g/mol. The molecular weight excluding hydrogens is 346 g/mol. The molecule has 144 valence electrons. The van der Waals surface area contributed by atoms with Crippen molar-refractivity contribution in [3.63, 3.8) is 0 Å². The van der Waals surface area contributed by atoms with Gasteiger partial charge >= 0.3 is 0 Å². The zero-order chi connectivity index (χ0) is 19.1. The molecule has 0 saturated carbocycles. The van der Waals surface area contributed by atoms with E-state index in [0.29, 0.717) is 12.1 Å². The predicted molar refractivity (Wildman–Crippen MR) is 112 cm³/mol. The van der Waals surface area contributed by atoms with Gasteiger partial charge in [0.2, 0.25) is 5.91 Å². The summed E-state index contributed by atoms with van der Waals surface area (Å²) < 4.78 is 0. The minimum Gasteiger partial charge on any atom is -0.361 e. The predicted octanol–water partition coefficient (Wildman–Crippen LogP) is 3.88. The van der Waals surface area contributed by atoms with Crippen LogP contribution in [0.1, 0.15) is 30.4 Å². The van der Waals surface area contributed by atoms with Crippen molar-refractivity contribution in [2.24, 2.45) is 5.41 Å². The maximum atomic E-state index is 13.1. The summed E-state index contributed by atoms with van der Waals surface area (Å²) >= 11 is 0. The summed E-state index contributed by atoms with van der Waals surface area (Å²) in [4.78, 5) is 19.0. The Kier molecular flexibility index (Phi) is 4.24. The Hall–Kier alpha value is -2.59. The minimum atomic E-state index is -0.322. The number of carbonyl (C=O) groups is 1. The number of aromatic nitrogens is 1. The smallest absolute Gasteiger partial charge is 0.227 e. The number of H-pyrrole nitrogens is 1. The molecule has 2 N–H and O–H groups in total. The van der Waals surface area contributed by atoms with E-state index in [-0.39, 0.29) is 11.3 Å². The number of benzene rings is 2. The molecule has 0 radical (unpaired) electrons. The second-order valence-corrected chi connectivity index (χ2v) is 8.42. The molecule has 2 saturated heterocycles. The first-order valence-electron chi connectivity index (χ1n) is 10.3. The monoisotopic (exact) mass is 373 g/mol. The van der Waals surface area contributed by atoms with Crippen molar-refractivity contribution in [2.75, 3.05) is 7.05 Å². The van der Waals surface area contributed by atoms with Gasteiger partial charge in [-0.25, -0.2) is 0 Å². The van der Waals surface area contributed by atoms with Gasteiger partial charge in [-0.1, -0.05) is 36.4 Å². The van der Waals surface area contributed by atoms with Crippen LogP contribution in [0.2, 0.25) is 0 Å². The van der Waals surface area contributed by atoms with Crippen molar-refractivity contribution >= 4 is 16.8 Å². The number of fused-ring (bicyclic) bond motifs is 3. The zero-order valence-electron chi connectivity index (χ0n) is 16.3. The van der Waals surface area contributed by atoms with E-state index in [2.05, 4.69) is 63.7 Å². The highest BCUT2D eigenvalue weighted by Gasteiger charge is 2.59. The summed E-state index contributed by atoms with van der Waals surface area (Å²) in [6.45, 7) is 0.921. The second-order valence-electron chi connectivity index (χ2n) is 8.42. The van der Waals surface area contributed by atoms with Crippen molar-refractivity contribution in [2.45, 2.75) is 44.3 Å². The zero-order valence-corrected chi connectivity index (χ0v) is 16.3. The second kappa shape index (κ2) is 6.78. The van der Waals surface area contributed by atoms with Crippen molar-refractivity contribution in [3.05, 3.63) is 71.9 Å². The lowest BCUT2D eigenvalue weighted by atomic mass is 9.69. The maximum absolute atomic E-state index is 13.1. The number of rotatable bonds is 5. The van der Waals surface area contributed by atoms with Crippen LogP contribution in [0.15, 0.2) is 60.8 Å². The molecule has 2 bridgehead atoms. The van der Waals surface area contributed by atoms with E-state index in [0.717, 1.165) is 25.8 Å². The largest absolute Gasteiger partial charge is 0.361 e. The molecule has 0 spiro atoms. The molecule has 2 fully saturated rings. The summed E-state index contributed by atoms with van der Waals surface area (Å²) in [6.07, 6.45) is 6.08. The Bertz CT molecular complexity index is 995. The SMILES string of the molecule is CNC(=O)[C@]1(Cc2ccccc2)C[C@@H]2CC[C@H]1N2Cc1ccc2[nH]ccc2c1. The van der Waals surface area contributed by atoms with Crippen LogP contribution in [-0.4, -0.2) is 34.9 Å². The summed E-state index contributed by atoms with van der Waals surface area (Å²) in [5, 5.41) is 4.24. The highest BCUT2D eigenvalue weighted by atomic mass is 16.2. The van der Waals surface area contributed by atoms with Crippen molar-refractivity contribution in [1.82, 2.24) is 15.2 Å². The van der Waals surface area contributed by atoms with Gasteiger partial charge in [-0.05, 0) is 60.4 Å². The van der Waals surface area contributed by atoms with Crippen molar-refractivity contribution in [1.29, 1.82) is 0 Å². The third-order valence-corrected chi connectivity index (χ3v) is 6.90. The summed E-state index contributed by atoms with van der Waals surface area (Å²) in [7, 11) is 1.78. The van der Waals surface area contributed by atoms with Crippen LogP contribution in [-0.2, 0) is 17.8 Å². The fraction of sp³-hybridized carbons (Fsp3) is 0.375. The summed E-state index contributed by atoms with van der Waals surface area (Å²) in [5.41, 5.74) is 3.44. The number of aromatic amines is 1. The number of nitrogens with one attached hydrogen (secondary N) is 2. The molecule has 2 aromatic carbocycles. The van der Waals surface area contributed by atoms with Crippen molar-refractivity contribution < 1.29 is 4.79 Å². The summed E-state index contributed by atoms with van der Waals surface area (Å²) in [5.74, 6) is 0.203. The number of hydrogen-bond donors (Lipinski definition) is 2. The number of carbonyl (C=O) groups excluding carboxylic acids is 1. The first-order chi connectivity index (χ1) is 13.7. The van der Waals surface area contributed by atoms with Gasteiger partial charge in [0.15, 0.2) is 0 Å². The summed E-state index contributed by atoms with van der Waals surface area (Å²) in [6, 6.07) is 20.1. The molecular formula is C24H27N3O. The fourth-order valence-corrected chi connectivity index (χ4v) is 5.68. The molecule has 28 heavy (non-hydrogen) atoms. The van der Waals surface area contributed by atoms with Gasteiger partial charge in [0.05, 0.1) is 5.41 Å². The Labute approximate surface area is 165 Å². The van der Waals surface area contributed by atoms with E-state index < -0.39 is 0 Å². The molecule has 3 atom stereocenters. The van der Waals surface area contributed by atoms with E-state index in [4.69, 9.17) is 0 Å². The first-order valence-corrected chi connectivity index (χ1v) is 10.3. The normalized spacial score (nSPS) is 26.8. The fourth-order valence-electron chi connectivity index (χ4n) is 5.68. The first kappa shape index (κ1) is 17.5. The molecule has 4 heteroatoms. The van der Waals surface area contributed by atoms with E-state index in [1.54, 1.807) is 7.05 Å². The van der Waals surface area contributed by atoms with Gasteiger partial charge in [0, 0.05) is 37.4 Å². The molecule has 3 heterocycles. The van der Waals surface area contributed by atoms with Crippen molar-refractivity contribution in [3.8, 4) is 0 Å². The molecule has 1 amide bonds. The van der Waals surface area contributed by atoms with E-state index in [1.807, 2.05) is 12.3 Å². The molecule has 2 aliphatic rings. The molecule has 0 unspecified atom stereocenters. The highest BCUT2D eigenvalue weighted by Crippen LogP contribution is 2.52. The third-order valence-electron chi connectivity index (χ3n) is 6.90. The van der Waals surface area contributed by atoms with Gasteiger partial charge in [-0.2, -0.15) is 0 Å². The Morgan fingerprint density at radius 1 is 1.14 bits per heavy atom. The molecule has 5 rings (SSSR count). The Morgan fingerprint density at radius 2 is 2.00 bits per heavy atom. The average Bonchev–Trinajstić information content (AvgIpc) is 3.42. The highest BCUT2D eigenvalue weighted by molar-refractivity contribution is 5.84. The van der Waals surface area contributed by atoms with Gasteiger partial charge in [0.1, 0.15) is 0 Å². The number of nitrogens with zero attached hydrogens (tertiary/aromatic N) is 1. The number of amides is 1. The Morgan fingerprint density at radius 3 is 2.82 bits per heavy atom. The Balaban J connectivity index is 1.45. The lowest BCUT2D eigenvalue weighted by molar-refractivity contribution is -0.132. The molecule has 3 aromatic rings. The lowest BCUT2D eigenvalue weighted by Crippen LogP contribution is -2.49. The maximum Gasteiger partial charge on any atom is 0.227 e. The third kappa shape index (κ3) is 2.75. The van der Waals surface area contributed by atoms with Crippen LogP contribution in [0.5, 0.6) is 0 Å². The lowest BCUT2D eigenvalue weighted by Gasteiger charge is -2.36. The molecule has 2 aliphatic heterocycles. The van der Waals surface area contributed by atoms with Gasteiger partial charge in [0.25, 0.3) is 0 Å². The minimum absolute atomic E-state index is 0.203. The molecule has 4 nitrogen and oxygen atoms in total. The van der Waals surface area contributed by atoms with Gasteiger partial charge < -0.3 is 10.3 Å². The van der Waals surface area contributed by atoms with Crippen LogP contribution in [0.4, 0.5) is 0 Å². The van der Waals surface area contributed by atoms with E-state index in [9.17, 15) is 4.79 Å². The van der Waals surface area contributed by atoms with Crippen LogP contribution in [0, 0.1) is 5.41 Å². The standard InChI is InChI=1S/C24H27N3O/c1-25-23(28)24(14-17-5-3-2-4-6-17)15-20-8-10-22(24)27(20)16-18-7-9-21-19(13-18)11-12-26-21/h2-7,9,11-13,20,22,26H,8,10,14-16H2,1H3,(H,25,28)/t20-,22+,24+/m0/s1. The van der Waals surface area contributed by atoms with Gasteiger partial charge in [-0.15, -0.1) is 0 Å². The molecule has 0 aliphatic carbocycles. The van der Waals surface area contributed by atoms with Crippen LogP contribution in [0.3, 0.4) is 0 Å². The molecule has 1 aromatic heterocycles. The van der Waals surface area contributed by atoms with Crippen LogP contribution < -0.4 is 5.32 Å².